The first-order chi connectivity index (χ1) is 9.16. The molecule has 1 heterocycles. The molecule has 1 rings (SSSR count). The van der Waals surface area contributed by atoms with Gasteiger partial charge in [0.05, 0.1) is 5.41 Å². The highest BCUT2D eigenvalue weighted by Gasteiger charge is 2.37. The van der Waals surface area contributed by atoms with Crippen molar-refractivity contribution < 1.29 is 22.8 Å². The number of carbonyl (C=O) groups is 1. The molecule has 8 heteroatoms. The van der Waals surface area contributed by atoms with E-state index in [0.29, 0.717) is 12.8 Å². The molecule has 1 unspecified atom stereocenters. The molecule has 0 aliphatic rings. The molecule has 20 heavy (non-hydrogen) atoms. The summed E-state index contributed by atoms with van der Waals surface area (Å²) < 4.78 is 27.9. The lowest BCUT2D eigenvalue weighted by Crippen LogP contribution is -2.32. The SMILES string of the molecule is CCC(CC)(Cc1nc(C(C)S(C)(=O)=O)no1)C(=O)O. The van der Waals surface area contributed by atoms with Crippen LogP contribution < -0.4 is 0 Å². The number of sulfone groups is 1. The summed E-state index contributed by atoms with van der Waals surface area (Å²) >= 11 is 0. The lowest BCUT2D eigenvalue weighted by atomic mass is 9.79. The van der Waals surface area contributed by atoms with Crippen LogP contribution in [-0.2, 0) is 21.1 Å². The van der Waals surface area contributed by atoms with E-state index in [1.165, 1.54) is 6.92 Å². The highest BCUT2D eigenvalue weighted by Crippen LogP contribution is 2.31. The van der Waals surface area contributed by atoms with Gasteiger partial charge in [-0.1, -0.05) is 19.0 Å². The Labute approximate surface area is 118 Å². The van der Waals surface area contributed by atoms with Crippen LogP contribution in [0.4, 0.5) is 0 Å². The van der Waals surface area contributed by atoms with Crippen molar-refractivity contribution in [3.05, 3.63) is 11.7 Å². The molecule has 0 aliphatic heterocycles. The van der Waals surface area contributed by atoms with Crippen LogP contribution in [0, 0.1) is 5.41 Å². The minimum absolute atomic E-state index is 0.0639. The van der Waals surface area contributed by atoms with Crippen molar-refractivity contribution in [3.63, 3.8) is 0 Å². The third kappa shape index (κ3) is 3.36. The monoisotopic (exact) mass is 304 g/mol. The van der Waals surface area contributed by atoms with E-state index >= 15 is 0 Å². The third-order valence-corrected chi connectivity index (χ3v) is 5.28. The molecule has 0 fully saturated rings. The van der Waals surface area contributed by atoms with E-state index < -0.39 is 26.5 Å². The number of rotatable bonds is 7. The van der Waals surface area contributed by atoms with E-state index in [0.717, 1.165) is 6.26 Å². The van der Waals surface area contributed by atoms with E-state index in [9.17, 15) is 18.3 Å². The van der Waals surface area contributed by atoms with E-state index in [2.05, 4.69) is 10.1 Å². The maximum Gasteiger partial charge on any atom is 0.310 e. The number of carboxylic acids is 1. The largest absolute Gasteiger partial charge is 0.481 e. The summed E-state index contributed by atoms with van der Waals surface area (Å²) in [4.78, 5) is 15.4. The van der Waals surface area contributed by atoms with Gasteiger partial charge in [0.2, 0.25) is 5.89 Å². The van der Waals surface area contributed by atoms with E-state index in [1.807, 2.05) is 0 Å². The minimum Gasteiger partial charge on any atom is -0.481 e. The fraction of sp³-hybridized carbons (Fsp3) is 0.750. The van der Waals surface area contributed by atoms with E-state index in [-0.39, 0.29) is 18.1 Å². The van der Waals surface area contributed by atoms with Gasteiger partial charge in [-0.25, -0.2) is 8.42 Å². The molecule has 1 atom stereocenters. The van der Waals surface area contributed by atoms with Crippen molar-refractivity contribution >= 4 is 15.8 Å². The predicted octanol–water partition coefficient (Wildman–Crippen LogP) is 1.61. The quantitative estimate of drug-likeness (QED) is 0.814. The lowest BCUT2D eigenvalue weighted by Gasteiger charge is -2.24. The molecule has 0 aliphatic carbocycles. The molecule has 1 aromatic heterocycles. The fourth-order valence-corrected chi connectivity index (χ4v) is 2.34. The van der Waals surface area contributed by atoms with Crippen molar-refractivity contribution in [2.75, 3.05) is 6.26 Å². The molecule has 0 radical (unpaired) electrons. The average molecular weight is 304 g/mol. The molecule has 114 valence electrons. The van der Waals surface area contributed by atoms with Gasteiger partial charge in [0, 0.05) is 12.7 Å². The lowest BCUT2D eigenvalue weighted by molar-refractivity contribution is -0.149. The predicted molar refractivity (Wildman–Crippen MR) is 71.9 cm³/mol. The molecule has 0 spiro atoms. The second kappa shape index (κ2) is 5.90. The van der Waals surface area contributed by atoms with Gasteiger partial charge in [0.25, 0.3) is 0 Å². The van der Waals surface area contributed by atoms with Gasteiger partial charge < -0.3 is 9.63 Å². The molecular formula is C12H20N2O5S. The Hall–Kier alpha value is -1.44. The number of carboxylic acid groups (broad SMARTS) is 1. The molecule has 0 aromatic carbocycles. The zero-order valence-electron chi connectivity index (χ0n) is 12.1. The summed E-state index contributed by atoms with van der Waals surface area (Å²) in [5.41, 5.74) is -0.960. The first-order valence-corrected chi connectivity index (χ1v) is 8.36. The Morgan fingerprint density at radius 3 is 2.35 bits per heavy atom. The van der Waals surface area contributed by atoms with Gasteiger partial charge in [0.1, 0.15) is 5.25 Å². The number of hydrogen-bond acceptors (Lipinski definition) is 6. The van der Waals surface area contributed by atoms with Crippen LogP contribution in [-0.4, -0.2) is 35.9 Å². The van der Waals surface area contributed by atoms with Gasteiger partial charge in [-0.15, -0.1) is 0 Å². The van der Waals surface area contributed by atoms with Crippen LogP contribution in [0.1, 0.15) is 50.6 Å². The zero-order valence-corrected chi connectivity index (χ0v) is 12.9. The molecule has 7 nitrogen and oxygen atoms in total. The summed E-state index contributed by atoms with van der Waals surface area (Å²) in [5.74, 6) is -0.700. The first kappa shape index (κ1) is 16.6. The van der Waals surface area contributed by atoms with E-state index in [4.69, 9.17) is 4.52 Å². The maximum atomic E-state index is 11.4. The Kier molecular flexibility index (Phi) is 4.90. The number of aromatic nitrogens is 2. The van der Waals surface area contributed by atoms with Gasteiger partial charge in [-0.05, 0) is 19.8 Å². The second-order valence-electron chi connectivity index (χ2n) is 4.99. The van der Waals surface area contributed by atoms with Crippen LogP contribution in [0.15, 0.2) is 4.52 Å². The third-order valence-electron chi connectivity index (χ3n) is 3.79. The molecular weight excluding hydrogens is 284 g/mol. The van der Waals surface area contributed by atoms with Crippen molar-refractivity contribution in [1.82, 2.24) is 10.1 Å². The van der Waals surface area contributed by atoms with Crippen molar-refractivity contribution in [2.45, 2.75) is 45.3 Å². The van der Waals surface area contributed by atoms with Crippen LogP contribution in [0.5, 0.6) is 0 Å². The Bertz CT molecular complexity index is 574. The minimum atomic E-state index is -3.32. The average Bonchev–Trinajstić information content (AvgIpc) is 2.81. The van der Waals surface area contributed by atoms with Crippen LogP contribution in [0.25, 0.3) is 0 Å². The summed E-state index contributed by atoms with van der Waals surface area (Å²) in [6.45, 7) is 5.04. The van der Waals surface area contributed by atoms with Crippen molar-refractivity contribution in [1.29, 1.82) is 0 Å². The molecule has 0 saturated heterocycles. The smallest absolute Gasteiger partial charge is 0.310 e. The summed E-state index contributed by atoms with van der Waals surface area (Å²) in [5, 5.41) is 12.1. The van der Waals surface area contributed by atoms with Crippen LogP contribution >= 0.6 is 0 Å². The van der Waals surface area contributed by atoms with Crippen molar-refractivity contribution in [2.24, 2.45) is 5.41 Å². The van der Waals surface area contributed by atoms with E-state index in [1.54, 1.807) is 13.8 Å². The summed E-state index contributed by atoms with van der Waals surface area (Å²) in [7, 11) is -3.32. The summed E-state index contributed by atoms with van der Waals surface area (Å²) in [6.07, 6.45) is 2.04. The van der Waals surface area contributed by atoms with Gasteiger partial charge in [-0.2, -0.15) is 4.98 Å². The zero-order chi connectivity index (χ0) is 15.6. The maximum absolute atomic E-state index is 11.4. The first-order valence-electron chi connectivity index (χ1n) is 6.41. The highest BCUT2D eigenvalue weighted by molar-refractivity contribution is 7.90. The molecule has 1 N–H and O–H groups in total. The Morgan fingerprint density at radius 1 is 1.40 bits per heavy atom. The standard InChI is InChI=1S/C12H20N2O5S/c1-5-12(6-2,11(15)16)7-9-13-10(14-19-9)8(3)20(4,17)18/h8H,5-7H2,1-4H3,(H,15,16). The normalized spacial score (nSPS) is 14.2. The van der Waals surface area contributed by atoms with Gasteiger partial charge in [-0.3, -0.25) is 4.79 Å². The van der Waals surface area contributed by atoms with Gasteiger partial charge in [0.15, 0.2) is 15.7 Å². The number of aliphatic carboxylic acids is 1. The highest BCUT2D eigenvalue weighted by atomic mass is 32.2. The molecule has 0 saturated carbocycles. The molecule has 0 bridgehead atoms. The second-order valence-corrected chi connectivity index (χ2v) is 7.35. The number of hydrogen-bond donors (Lipinski definition) is 1. The number of nitrogens with zero attached hydrogens (tertiary/aromatic N) is 2. The topological polar surface area (TPSA) is 110 Å². The molecule has 0 amide bonds. The van der Waals surface area contributed by atoms with Crippen molar-refractivity contribution in [3.8, 4) is 0 Å². The van der Waals surface area contributed by atoms with Crippen LogP contribution in [0.3, 0.4) is 0 Å². The van der Waals surface area contributed by atoms with Gasteiger partial charge >= 0.3 is 5.97 Å². The van der Waals surface area contributed by atoms with Crippen LogP contribution in [0.2, 0.25) is 0 Å². The Balaban J connectivity index is 3.01. The summed E-state index contributed by atoms with van der Waals surface area (Å²) in [6, 6.07) is 0. The molecule has 1 aromatic rings. The fourth-order valence-electron chi connectivity index (χ4n) is 1.86. The Morgan fingerprint density at radius 2 is 1.95 bits per heavy atom.